The zero-order valence-electron chi connectivity index (χ0n) is 11.2. The predicted octanol–water partition coefficient (Wildman–Crippen LogP) is 0.934. The number of aliphatic carboxylic acids is 1. The molecular weight excluding hydrogens is 250 g/mol. The average Bonchev–Trinajstić information content (AvgIpc) is 2.73. The van der Waals surface area contributed by atoms with E-state index in [9.17, 15) is 9.59 Å². The number of rotatable bonds is 8. The normalized spacial score (nSPS) is 12.1. The second-order valence-electron chi connectivity index (χ2n) is 4.42. The monoisotopic (exact) mass is 269 g/mol. The molecule has 7 heteroatoms. The molecule has 106 valence electrons. The number of nitrogens with zero attached hydrogens (tertiary/aromatic N) is 2. The second-order valence-corrected chi connectivity index (χ2v) is 4.42. The van der Waals surface area contributed by atoms with Crippen LogP contribution in [0.3, 0.4) is 0 Å². The Hall–Kier alpha value is -1.92. The third-order valence-corrected chi connectivity index (χ3v) is 2.44. The highest BCUT2D eigenvalue weighted by molar-refractivity contribution is 5.77. The lowest BCUT2D eigenvalue weighted by Gasteiger charge is -2.10. The van der Waals surface area contributed by atoms with Gasteiger partial charge in [-0.25, -0.2) is 0 Å². The molecule has 0 saturated carbocycles. The van der Waals surface area contributed by atoms with Gasteiger partial charge >= 0.3 is 5.97 Å². The van der Waals surface area contributed by atoms with E-state index in [-0.39, 0.29) is 24.8 Å². The molecule has 1 aromatic heterocycles. The van der Waals surface area contributed by atoms with E-state index in [1.165, 1.54) is 0 Å². The number of nitrogens with one attached hydrogen (secondary N) is 1. The first-order valence-electron chi connectivity index (χ1n) is 6.33. The molecule has 0 saturated heterocycles. The Labute approximate surface area is 111 Å². The van der Waals surface area contributed by atoms with Gasteiger partial charge in [0, 0.05) is 25.3 Å². The summed E-state index contributed by atoms with van der Waals surface area (Å²) >= 11 is 0. The van der Waals surface area contributed by atoms with Crippen molar-refractivity contribution in [1.29, 1.82) is 0 Å². The van der Waals surface area contributed by atoms with E-state index in [0.717, 1.165) is 12.8 Å². The maximum atomic E-state index is 11.5. The van der Waals surface area contributed by atoms with E-state index >= 15 is 0 Å². The molecule has 7 nitrogen and oxygen atoms in total. The van der Waals surface area contributed by atoms with E-state index in [1.54, 1.807) is 6.92 Å². The lowest BCUT2D eigenvalue weighted by atomic mass is 10.2. The fourth-order valence-corrected chi connectivity index (χ4v) is 1.60. The Kier molecular flexibility index (Phi) is 5.98. The SMILES string of the molecule is CCCc1noc(CCC(=O)NC(C)CC(=O)O)n1. The largest absolute Gasteiger partial charge is 0.481 e. The van der Waals surface area contributed by atoms with Crippen LogP contribution >= 0.6 is 0 Å². The van der Waals surface area contributed by atoms with Gasteiger partial charge < -0.3 is 14.9 Å². The fourth-order valence-electron chi connectivity index (χ4n) is 1.60. The zero-order valence-corrected chi connectivity index (χ0v) is 11.2. The maximum absolute atomic E-state index is 11.5. The van der Waals surface area contributed by atoms with Crippen LogP contribution in [0, 0.1) is 0 Å². The van der Waals surface area contributed by atoms with Gasteiger partial charge in [-0.05, 0) is 13.3 Å². The van der Waals surface area contributed by atoms with E-state index in [2.05, 4.69) is 15.5 Å². The highest BCUT2D eigenvalue weighted by Gasteiger charge is 2.12. The summed E-state index contributed by atoms with van der Waals surface area (Å²) in [7, 11) is 0. The summed E-state index contributed by atoms with van der Waals surface area (Å²) in [5, 5.41) is 15.0. The van der Waals surface area contributed by atoms with Crippen molar-refractivity contribution >= 4 is 11.9 Å². The van der Waals surface area contributed by atoms with Crippen LogP contribution in [0.25, 0.3) is 0 Å². The fraction of sp³-hybridized carbons (Fsp3) is 0.667. The lowest BCUT2D eigenvalue weighted by molar-refractivity contribution is -0.137. The summed E-state index contributed by atoms with van der Waals surface area (Å²) < 4.78 is 5.00. The minimum Gasteiger partial charge on any atom is -0.481 e. The van der Waals surface area contributed by atoms with Crippen LogP contribution in [0.1, 0.15) is 44.8 Å². The number of hydrogen-bond donors (Lipinski definition) is 2. The summed E-state index contributed by atoms with van der Waals surface area (Å²) in [5.74, 6) is -0.0699. The van der Waals surface area contributed by atoms with Crippen LogP contribution in [0.2, 0.25) is 0 Å². The quantitative estimate of drug-likeness (QED) is 0.727. The van der Waals surface area contributed by atoms with Gasteiger partial charge in [0.15, 0.2) is 5.82 Å². The minimum absolute atomic E-state index is 0.0903. The molecule has 0 bridgehead atoms. The van der Waals surface area contributed by atoms with Gasteiger partial charge in [-0.3, -0.25) is 9.59 Å². The van der Waals surface area contributed by atoms with E-state index in [0.29, 0.717) is 18.1 Å². The third-order valence-electron chi connectivity index (χ3n) is 2.44. The smallest absolute Gasteiger partial charge is 0.305 e. The van der Waals surface area contributed by atoms with Crippen LogP contribution in [0.4, 0.5) is 0 Å². The van der Waals surface area contributed by atoms with Crippen molar-refractivity contribution < 1.29 is 19.2 Å². The van der Waals surface area contributed by atoms with Gasteiger partial charge in [0.25, 0.3) is 0 Å². The number of aromatic nitrogens is 2. The van der Waals surface area contributed by atoms with Crippen molar-refractivity contribution in [3.63, 3.8) is 0 Å². The van der Waals surface area contributed by atoms with Crippen LogP contribution in [0.15, 0.2) is 4.52 Å². The molecule has 19 heavy (non-hydrogen) atoms. The lowest BCUT2D eigenvalue weighted by Crippen LogP contribution is -2.34. The van der Waals surface area contributed by atoms with Crippen molar-refractivity contribution in [2.24, 2.45) is 0 Å². The molecule has 1 aromatic rings. The van der Waals surface area contributed by atoms with Crippen LogP contribution < -0.4 is 5.32 Å². The third kappa shape index (κ3) is 5.98. The number of amides is 1. The molecule has 1 atom stereocenters. The number of carbonyl (C=O) groups excluding carboxylic acids is 1. The standard InChI is InChI=1S/C12H19N3O4/c1-3-4-9-14-11(19-15-9)6-5-10(16)13-8(2)7-12(17)18/h8H,3-7H2,1-2H3,(H,13,16)(H,17,18). The number of carbonyl (C=O) groups is 2. The Balaban J connectivity index is 2.30. The molecule has 0 aliphatic rings. The van der Waals surface area contributed by atoms with E-state index in [4.69, 9.17) is 9.63 Å². The molecular formula is C12H19N3O4. The minimum atomic E-state index is -0.936. The van der Waals surface area contributed by atoms with Gasteiger partial charge in [-0.15, -0.1) is 0 Å². The molecule has 0 fully saturated rings. The molecule has 1 rings (SSSR count). The zero-order chi connectivity index (χ0) is 14.3. The summed E-state index contributed by atoms with van der Waals surface area (Å²) in [6.07, 6.45) is 2.17. The summed E-state index contributed by atoms with van der Waals surface area (Å²) in [6, 6.07) is -0.386. The van der Waals surface area contributed by atoms with Crippen molar-refractivity contribution in [2.75, 3.05) is 0 Å². The van der Waals surface area contributed by atoms with E-state index in [1.807, 2.05) is 6.92 Å². The first kappa shape index (κ1) is 15.1. The Morgan fingerprint density at radius 1 is 1.42 bits per heavy atom. The molecule has 0 radical (unpaired) electrons. The molecule has 0 aliphatic carbocycles. The van der Waals surface area contributed by atoms with Crippen molar-refractivity contribution in [3.05, 3.63) is 11.7 Å². The van der Waals surface area contributed by atoms with Crippen LogP contribution in [-0.2, 0) is 22.4 Å². The summed E-state index contributed by atoms with van der Waals surface area (Å²) in [5.41, 5.74) is 0. The second kappa shape index (κ2) is 7.50. The van der Waals surface area contributed by atoms with Gasteiger partial charge in [0.1, 0.15) is 0 Å². The van der Waals surface area contributed by atoms with Gasteiger partial charge in [-0.2, -0.15) is 4.98 Å². The predicted molar refractivity (Wildman–Crippen MR) is 66.5 cm³/mol. The van der Waals surface area contributed by atoms with Crippen LogP contribution in [0.5, 0.6) is 0 Å². The number of aryl methyl sites for hydroxylation is 2. The molecule has 2 N–H and O–H groups in total. The van der Waals surface area contributed by atoms with Crippen molar-refractivity contribution in [3.8, 4) is 0 Å². The Morgan fingerprint density at radius 3 is 2.79 bits per heavy atom. The topological polar surface area (TPSA) is 105 Å². The number of hydrogen-bond acceptors (Lipinski definition) is 5. The van der Waals surface area contributed by atoms with Gasteiger partial charge in [0.2, 0.25) is 11.8 Å². The van der Waals surface area contributed by atoms with Gasteiger partial charge in [-0.1, -0.05) is 12.1 Å². The van der Waals surface area contributed by atoms with Crippen molar-refractivity contribution in [2.45, 2.75) is 52.0 Å². The Bertz CT molecular complexity index is 430. The number of carboxylic acid groups (broad SMARTS) is 1. The summed E-state index contributed by atoms with van der Waals surface area (Å²) in [6.45, 7) is 3.67. The number of carboxylic acids is 1. The first-order chi connectivity index (χ1) is 9.01. The maximum Gasteiger partial charge on any atom is 0.305 e. The van der Waals surface area contributed by atoms with E-state index < -0.39 is 5.97 Å². The van der Waals surface area contributed by atoms with Gasteiger partial charge in [0.05, 0.1) is 6.42 Å². The highest BCUT2D eigenvalue weighted by Crippen LogP contribution is 2.03. The molecule has 0 spiro atoms. The summed E-state index contributed by atoms with van der Waals surface area (Å²) in [4.78, 5) is 26.1. The molecule has 1 heterocycles. The highest BCUT2D eigenvalue weighted by atomic mass is 16.5. The Morgan fingerprint density at radius 2 is 2.16 bits per heavy atom. The molecule has 1 amide bonds. The molecule has 1 unspecified atom stereocenters. The van der Waals surface area contributed by atoms with Crippen molar-refractivity contribution in [1.82, 2.24) is 15.5 Å². The first-order valence-corrected chi connectivity index (χ1v) is 6.33. The molecule has 0 aliphatic heterocycles. The van der Waals surface area contributed by atoms with Crippen LogP contribution in [-0.4, -0.2) is 33.2 Å². The average molecular weight is 269 g/mol. The molecule has 0 aromatic carbocycles.